The predicted molar refractivity (Wildman–Crippen MR) is 85.3 cm³/mol. The number of halogens is 2. The van der Waals surface area contributed by atoms with E-state index in [1.54, 1.807) is 12.1 Å². The average Bonchev–Trinajstić information content (AvgIpc) is 2.42. The zero-order valence-electron chi connectivity index (χ0n) is 10.4. The quantitative estimate of drug-likeness (QED) is 0.573. The van der Waals surface area contributed by atoms with Gasteiger partial charge in [0, 0.05) is 34.8 Å². The molecule has 1 heterocycles. The maximum atomic E-state index is 12.4. The molecule has 0 atom stereocenters. The summed E-state index contributed by atoms with van der Waals surface area (Å²) < 4.78 is 0.929. The van der Waals surface area contributed by atoms with Gasteiger partial charge >= 0.3 is 0 Å². The molecule has 0 spiro atoms. The van der Waals surface area contributed by atoms with Gasteiger partial charge in [-0.05, 0) is 40.8 Å². The van der Waals surface area contributed by atoms with E-state index in [1.165, 1.54) is 0 Å². The first kappa shape index (κ1) is 14.6. The highest BCUT2D eigenvalue weighted by Crippen LogP contribution is 2.20. The van der Waals surface area contributed by atoms with Gasteiger partial charge in [0.15, 0.2) is 0 Å². The Labute approximate surface area is 132 Å². The van der Waals surface area contributed by atoms with Crippen LogP contribution >= 0.6 is 34.2 Å². The molecular formula is C14H14ClIN2O. The molecule has 5 heteroatoms. The summed E-state index contributed by atoms with van der Waals surface area (Å²) >= 11 is 8.12. The van der Waals surface area contributed by atoms with Gasteiger partial charge in [-0.3, -0.25) is 9.69 Å². The first-order valence-electron chi connectivity index (χ1n) is 6.02. The monoisotopic (exact) mass is 388 g/mol. The minimum absolute atomic E-state index is 0.0484. The average molecular weight is 389 g/mol. The molecule has 1 aliphatic heterocycles. The molecule has 0 bridgehead atoms. The van der Waals surface area contributed by atoms with E-state index in [4.69, 9.17) is 18.0 Å². The van der Waals surface area contributed by atoms with Crippen LogP contribution in [-0.4, -0.2) is 48.4 Å². The van der Waals surface area contributed by atoms with Crippen LogP contribution in [0.25, 0.3) is 0 Å². The molecule has 100 valence electrons. The molecule has 0 aliphatic carbocycles. The van der Waals surface area contributed by atoms with Gasteiger partial charge in [-0.25, -0.2) is 0 Å². The first-order chi connectivity index (χ1) is 9.11. The van der Waals surface area contributed by atoms with Crippen molar-refractivity contribution >= 4 is 40.1 Å². The number of carbonyl (C=O) groups is 1. The third-order valence-corrected chi connectivity index (χ3v) is 4.31. The number of rotatable bonds is 2. The second kappa shape index (κ2) is 6.60. The van der Waals surface area contributed by atoms with Crippen molar-refractivity contribution in [3.05, 3.63) is 32.4 Å². The number of amides is 1. The van der Waals surface area contributed by atoms with Crippen LogP contribution in [-0.2, 0) is 0 Å². The van der Waals surface area contributed by atoms with Crippen molar-refractivity contribution in [2.75, 3.05) is 32.7 Å². The molecule has 0 aromatic heterocycles. The van der Waals surface area contributed by atoms with E-state index < -0.39 is 0 Å². The van der Waals surface area contributed by atoms with Crippen molar-refractivity contribution in [2.45, 2.75) is 0 Å². The van der Waals surface area contributed by atoms with Crippen molar-refractivity contribution < 1.29 is 4.79 Å². The van der Waals surface area contributed by atoms with E-state index in [9.17, 15) is 4.79 Å². The van der Waals surface area contributed by atoms with E-state index >= 15 is 0 Å². The molecule has 0 N–H and O–H groups in total. The van der Waals surface area contributed by atoms with Gasteiger partial charge in [0.05, 0.1) is 12.1 Å². The fraction of sp³-hybridized carbons (Fsp3) is 0.357. The number of terminal acetylenes is 1. The smallest absolute Gasteiger partial charge is 0.255 e. The Kier molecular flexibility index (Phi) is 5.08. The molecule has 0 saturated carbocycles. The molecule has 1 fully saturated rings. The Bertz CT molecular complexity index is 519. The molecule has 1 amide bonds. The van der Waals surface area contributed by atoms with Crippen LogP contribution in [0.2, 0.25) is 5.02 Å². The fourth-order valence-corrected chi connectivity index (χ4v) is 2.81. The maximum absolute atomic E-state index is 12.4. The molecule has 19 heavy (non-hydrogen) atoms. The number of benzene rings is 1. The molecule has 0 radical (unpaired) electrons. The summed E-state index contributed by atoms with van der Waals surface area (Å²) in [5, 5.41) is 0.592. The lowest BCUT2D eigenvalue weighted by molar-refractivity contribution is 0.0651. The summed E-state index contributed by atoms with van der Waals surface area (Å²) in [6.45, 7) is 3.73. The lowest BCUT2D eigenvalue weighted by Gasteiger charge is -2.33. The molecule has 3 nitrogen and oxygen atoms in total. The Morgan fingerprint density at radius 2 is 2.05 bits per heavy atom. The highest BCUT2D eigenvalue weighted by atomic mass is 127. The van der Waals surface area contributed by atoms with Crippen molar-refractivity contribution in [1.82, 2.24) is 9.80 Å². The lowest BCUT2D eigenvalue weighted by Crippen LogP contribution is -2.48. The van der Waals surface area contributed by atoms with Crippen molar-refractivity contribution in [3.63, 3.8) is 0 Å². The maximum Gasteiger partial charge on any atom is 0.255 e. The van der Waals surface area contributed by atoms with Gasteiger partial charge in [0.1, 0.15) is 0 Å². The third kappa shape index (κ3) is 3.62. The Morgan fingerprint density at radius 1 is 1.37 bits per heavy atom. The summed E-state index contributed by atoms with van der Waals surface area (Å²) in [6, 6.07) is 5.40. The highest BCUT2D eigenvalue weighted by molar-refractivity contribution is 14.1. The first-order valence-corrected chi connectivity index (χ1v) is 7.47. The largest absolute Gasteiger partial charge is 0.336 e. The standard InChI is InChI=1S/C14H14ClIN2O/c1-2-5-17-6-8-18(9-7-17)14(19)12-10-11(15)3-4-13(12)16/h1,3-4,10H,5-9H2. The van der Waals surface area contributed by atoms with Crippen LogP contribution in [0.4, 0.5) is 0 Å². The molecular weight excluding hydrogens is 375 g/mol. The molecule has 1 aliphatic rings. The zero-order chi connectivity index (χ0) is 13.8. The molecule has 1 aromatic carbocycles. The van der Waals surface area contributed by atoms with E-state index in [0.29, 0.717) is 30.2 Å². The number of hydrogen-bond acceptors (Lipinski definition) is 2. The summed E-state index contributed by atoms with van der Waals surface area (Å²) in [7, 11) is 0. The molecule has 1 aromatic rings. The van der Waals surface area contributed by atoms with Crippen LogP contribution in [0, 0.1) is 15.9 Å². The normalized spacial score (nSPS) is 16.2. The molecule has 1 saturated heterocycles. The van der Waals surface area contributed by atoms with E-state index in [0.717, 1.165) is 16.7 Å². The van der Waals surface area contributed by atoms with Gasteiger partial charge in [-0.15, -0.1) is 6.42 Å². The van der Waals surface area contributed by atoms with Crippen LogP contribution < -0.4 is 0 Å². The highest BCUT2D eigenvalue weighted by Gasteiger charge is 2.23. The molecule has 2 rings (SSSR count). The van der Waals surface area contributed by atoms with Crippen molar-refractivity contribution in [2.24, 2.45) is 0 Å². The van der Waals surface area contributed by atoms with Crippen LogP contribution in [0.15, 0.2) is 18.2 Å². The number of piperazine rings is 1. The van der Waals surface area contributed by atoms with Crippen molar-refractivity contribution in [1.29, 1.82) is 0 Å². The zero-order valence-corrected chi connectivity index (χ0v) is 13.3. The predicted octanol–water partition coefficient (Wildman–Crippen LogP) is 2.34. The molecule has 0 unspecified atom stereocenters. The van der Waals surface area contributed by atoms with Gasteiger partial charge in [-0.2, -0.15) is 0 Å². The summed E-state index contributed by atoms with van der Waals surface area (Å²) in [4.78, 5) is 16.5. The number of carbonyl (C=O) groups excluding carboxylic acids is 1. The van der Waals surface area contributed by atoms with Crippen molar-refractivity contribution in [3.8, 4) is 12.3 Å². The summed E-state index contributed by atoms with van der Waals surface area (Å²) in [5.41, 5.74) is 0.679. The third-order valence-electron chi connectivity index (χ3n) is 3.13. The second-order valence-corrected chi connectivity index (χ2v) is 6.00. The van der Waals surface area contributed by atoms with Gasteiger partial charge in [0.2, 0.25) is 0 Å². The second-order valence-electron chi connectivity index (χ2n) is 4.40. The number of hydrogen-bond donors (Lipinski definition) is 0. The summed E-state index contributed by atoms with van der Waals surface area (Å²) in [6.07, 6.45) is 5.29. The minimum atomic E-state index is 0.0484. The Balaban J connectivity index is 2.05. The van der Waals surface area contributed by atoms with E-state index in [1.807, 2.05) is 11.0 Å². The van der Waals surface area contributed by atoms with Crippen LogP contribution in [0.1, 0.15) is 10.4 Å². The van der Waals surface area contributed by atoms with Crippen LogP contribution in [0.3, 0.4) is 0 Å². The number of nitrogens with zero attached hydrogens (tertiary/aromatic N) is 2. The van der Waals surface area contributed by atoms with Crippen LogP contribution in [0.5, 0.6) is 0 Å². The topological polar surface area (TPSA) is 23.6 Å². The lowest BCUT2D eigenvalue weighted by atomic mass is 10.2. The minimum Gasteiger partial charge on any atom is -0.336 e. The fourth-order valence-electron chi connectivity index (χ4n) is 2.07. The SMILES string of the molecule is C#CCN1CCN(C(=O)c2cc(Cl)ccc2I)CC1. The summed E-state index contributed by atoms with van der Waals surface area (Å²) in [5.74, 6) is 2.68. The Hall–Kier alpha value is -0.770. The van der Waals surface area contributed by atoms with Gasteiger partial charge < -0.3 is 4.90 Å². The van der Waals surface area contributed by atoms with E-state index in [2.05, 4.69) is 33.4 Å². The Morgan fingerprint density at radius 3 is 2.68 bits per heavy atom. The van der Waals surface area contributed by atoms with E-state index in [-0.39, 0.29) is 5.91 Å². The van der Waals surface area contributed by atoms with Gasteiger partial charge in [-0.1, -0.05) is 17.5 Å². The van der Waals surface area contributed by atoms with Gasteiger partial charge in [0.25, 0.3) is 5.91 Å².